The number of hydrogen-bond acceptors (Lipinski definition) is 12. The van der Waals surface area contributed by atoms with E-state index < -0.39 is 54.6 Å². The normalized spacial score (nSPS) is 19.1. The Morgan fingerprint density at radius 2 is 1.64 bits per heavy atom. The lowest BCUT2D eigenvalue weighted by Gasteiger charge is -2.41. The molecule has 15 nitrogen and oxygen atoms in total. The summed E-state index contributed by atoms with van der Waals surface area (Å²) in [5, 5.41) is 22.7. The average molecular weight is 845 g/mol. The van der Waals surface area contributed by atoms with Gasteiger partial charge in [0.25, 0.3) is 0 Å². The monoisotopic (exact) mass is 845 g/mol. The molecule has 4 amide bonds. The molecule has 0 radical (unpaired) electrons. The van der Waals surface area contributed by atoms with E-state index in [4.69, 9.17) is 15.2 Å². The number of hydrogen-bond donors (Lipinski definition) is 5. The lowest BCUT2D eigenvalue weighted by molar-refractivity contribution is -0.148. The van der Waals surface area contributed by atoms with Crippen LogP contribution in [0.25, 0.3) is 0 Å². The van der Waals surface area contributed by atoms with Crippen LogP contribution in [-0.4, -0.2) is 133 Å². The van der Waals surface area contributed by atoms with Gasteiger partial charge in [0.05, 0.1) is 42.7 Å². The maximum Gasteiger partial charge on any atom is 0.245 e. The van der Waals surface area contributed by atoms with E-state index in [1.165, 1.54) is 11.3 Å². The van der Waals surface area contributed by atoms with E-state index in [2.05, 4.69) is 20.9 Å². The minimum atomic E-state index is -1.16. The molecular formula is C43H72N8O7S. The number of aliphatic hydroxyl groups is 1. The number of nitrogens with two attached hydrogens (primary N) is 1. The summed E-state index contributed by atoms with van der Waals surface area (Å²) in [7, 11) is 8.53. The van der Waals surface area contributed by atoms with Gasteiger partial charge in [-0.25, -0.2) is 4.98 Å². The van der Waals surface area contributed by atoms with Crippen molar-refractivity contribution in [2.75, 3.05) is 47.6 Å². The van der Waals surface area contributed by atoms with Crippen LogP contribution in [-0.2, 0) is 35.2 Å². The first-order chi connectivity index (χ1) is 27.9. The Hall–Kier alpha value is -3.67. The molecule has 1 aliphatic rings. The molecule has 3 rings (SSSR count). The highest BCUT2D eigenvalue weighted by molar-refractivity contribution is 7.09. The molecule has 0 aliphatic carbocycles. The van der Waals surface area contributed by atoms with Gasteiger partial charge in [-0.1, -0.05) is 67.0 Å². The van der Waals surface area contributed by atoms with E-state index >= 15 is 0 Å². The number of nitrogen functional groups attached to an aromatic ring is 1. The molecule has 0 bridgehead atoms. The summed E-state index contributed by atoms with van der Waals surface area (Å²) in [4.78, 5) is 65.8. The number of nitrogens with zero attached hydrogens (tertiary/aromatic N) is 4. The number of methoxy groups -OCH3 is 2. The lowest BCUT2D eigenvalue weighted by atomic mass is 9.89. The number of likely N-dealkylation sites (tertiary alicyclic amines) is 1. The number of carbonyl (C=O) groups excluding carboxylic acids is 4. The molecule has 59 heavy (non-hydrogen) atoms. The van der Waals surface area contributed by atoms with Gasteiger partial charge >= 0.3 is 0 Å². The zero-order chi connectivity index (χ0) is 44.1. The fourth-order valence-electron chi connectivity index (χ4n) is 8.34. The summed E-state index contributed by atoms with van der Waals surface area (Å²) in [6.07, 6.45) is 1.26. The predicted octanol–water partition coefficient (Wildman–Crippen LogP) is 3.64. The first kappa shape index (κ1) is 49.7. The van der Waals surface area contributed by atoms with Crippen LogP contribution in [0.1, 0.15) is 90.8 Å². The smallest absolute Gasteiger partial charge is 0.245 e. The molecule has 0 saturated carbocycles. The molecular weight excluding hydrogens is 773 g/mol. The summed E-state index contributed by atoms with van der Waals surface area (Å²) < 4.78 is 12.0. The second-order valence-electron chi connectivity index (χ2n) is 16.9. The molecule has 332 valence electrons. The van der Waals surface area contributed by atoms with Crippen molar-refractivity contribution >= 4 is 40.7 Å². The minimum absolute atomic E-state index is 0.00336. The molecule has 1 aromatic carbocycles. The number of anilines is 1. The summed E-state index contributed by atoms with van der Waals surface area (Å²) >= 11 is 1.32. The number of nitrogens with one attached hydrogen (secondary N) is 3. The highest BCUT2D eigenvalue weighted by atomic mass is 32.1. The molecule has 1 fully saturated rings. The molecule has 2 heterocycles. The number of benzene rings is 1. The maximum absolute atomic E-state index is 14.3. The van der Waals surface area contributed by atoms with Crippen molar-refractivity contribution in [2.24, 2.45) is 23.7 Å². The number of thiazole rings is 1. The number of aliphatic hydroxyl groups excluding tert-OH is 1. The van der Waals surface area contributed by atoms with Gasteiger partial charge in [0.1, 0.15) is 23.3 Å². The quantitative estimate of drug-likeness (QED) is 0.0811. The zero-order valence-electron chi connectivity index (χ0n) is 37.3. The SMILES string of the molecule is CC[C@H](C)[C@@H]([C@@H](CC(=O)N1CCC[C@H]1[C@H](OC)[C@@H](C)C(=O)NC(c1nccs1)C(O)NCc1ccc(N)cc1)OC)N(C)C(=O)[C@@H](NC(=O)[C@H](C(C)C)N(C)C)C(C)C. The van der Waals surface area contributed by atoms with Crippen LogP contribution >= 0.6 is 11.3 Å². The van der Waals surface area contributed by atoms with Crippen LogP contribution < -0.4 is 21.7 Å². The number of likely N-dealkylation sites (N-methyl/N-ethyl adjacent to an activating group) is 2. The molecule has 6 N–H and O–H groups in total. The number of carbonyl (C=O) groups is 4. The first-order valence-corrected chi connectivity index (χ1v) is 21.8. The van der Waals surface area contributed by atoms with Crippen molar-refractivity contribution in [1.29, 1.82) is 0 Å². The number of amides is 4. The van der Waals surface area contributed by atoms with E-state index in [-0.39, 0.29) is 47.8 Å². The van der Waals surface area contributed by atoms with Gasteiger partial charge in [0, 0.05) is 51.6 Å². The van der Waals surface area contributed by atoms with Crippen molar-refractivity contribution in [3.63, 3.8) is 0 Å². The number of ether oxygens (including phenoxy) is 2. The Labute approximate surface area is 356 Å². The zero-order valence-corrected chi connectivity index (χ0v) is 38.1. The van der Waals surface area contributed by atoms with Gasteiger partial charge in [0.2, 0.25) is 23.6 Å². The second-order valence-corrected chi connectivity index (χ2v) is 17.8. The lowest BCUT2D eigenvalue weighted by Crippen LogP contribution is -2.59. The number of rotatable bonds is 23. The standard InChI is InChI=1S/C43H72N8O7S/c1-13-27(6)37(50(10)43(56)34(25(2)3)47-41(55)36(26(4)5)49(8)9)32(57-11)23-33(52)51-21-14-15-31(51)38(58-12)28(7)39(53)48-35(42-45-20-22-59-42)40(54)46-24-29-16-18-30(44)19-17-29/h16-20,22,25-28,31-32,34-38,40,46,54H,13-15,21,23-24,44H2,1-12H3,(H,47,55)(H,48,53)/t27-,28+,31-,32+,34-,35?,36-,37-,38+,40?/m0/s1. The number of aromatic nitrogens is 1. The summed E-state index contributed by atoms with van der Waals surface area (Å²) in [5.74, 6) is -1.86. The third kappa shape index (κ3) is 13.2. The topological polar surface area (TPSA) is 192 Å². The van der Waals surface area contributed by atoms with Gasteiger partial charge in [-0.3, -0.25) is 29.4 Å². The van der Waals surface area contributed by atoms with Crippen molar-refractivity contribution in [3.05, 3.63) is 46.4 Å². The third-order valence-corrected chi connectivity index (χ3v) is 12.6. The van der Waals surface area contributed by atoms with E-state index in [1.807, 2.05) is 72.7 Å². The van der Waals surface area contributed by atoms with E-state index in [1.54, 1.807) is 61.7 Å². The first-order valence-electron chi connectivity index (χ1n) is 20.9. The Morgan fingerprint density at radius 1 is 0.983 bits per heavy atom. The van der Waals surface area contributed by atoms with Crippen molar-refractivity contribution in [2.45, 2.75) is 129 Å². The van der Waals surface area contributed by atoms with Gasteiger partial charge in [0.15, 0.2) is 0 Å². The van der Waals surface area contributed by atoms with Crippen LogP contribution in [0.5, 0.6) is 0 Å². The molecule has 0 spiro atoms. The molecule has 16 heteroatoms. The Bertz CT molecular complexity index is 1600. The van der Waals surface area contributed by atoms with Crippen LogP contribution in [0.15, 0.2) is 35.8 Å². The van der Waals surface area contributed by atoms with Crippen molar-refractivity contribution < 1.29 is 33.8 Å². The Morgan fingerprint density at radius 3 is 2.17 bits per heavy atom. The third-order valence-electron chi connectivity index (χ3n) is 11.8. The van der Waals surface area contributed by atoms with Gasteiger partial charge < -0.3 is 40.7 Å². The van der Waals surface area contributed by atoms with Crippen LogP contribution in [0, 0.1) is 23.7 Å². The van der Waals surface area contributed by atoms with Crippen LogP contribution in [0.2, 0.25) is 0 Å². The van der Waals surface area contributed by atoms with Crippen molar-refractivity contribution in [3.8, 4) is 0 Å². The van der Waals surface area contributed by atoms with E-state index in [0.29, 0.717) is 30.2 Å². The second kappa shape index (κ2) is 23.4. The van der Waals surface area contributed by atoms with Crippen molar-refractivity contribution in [1.82, 2.24) is 35.6 Å². The van der Waals surface area contributed by atoms with Gasteiger partial charge in [-0.2, -0.15) is 0 Å². The van der Waals surface area contributed by atoms with Gasteiger partial charge in [-0.15, -0.1) is 11.3 Å². The molecule has 10 atom stereocenters. The fourth-order valence-corrected chi connectivity index (χ4v) is 9.05. The Balaban J connectivity index is 1.78. The van der Waals surface area contributed by atoms with Crippen LogP contribution in [0.4, 0.5) is 5.69 Å². The largest absolute Gasteiger partial charge is 0.399 e. The van der Waals surface area contributed by atoms with E-state index in [9.17, 15) is 24.3 Å². The molecule has 2 aromatic rings. The molecule has 1 aromatic heterocycles. The molecule has 1 aliphatic heterocycles. The van der Waals surface area contributed by atoms with Gasteiger partial charge in [-0.05, 0) is 62.4 Å². The Kier molecular flexibility index (Phi) is 19.7. The average Bonchev–Trinajstić information content (AvgIpc) is 3.91. The maximum atomic E-state index is 14.3. The van der Waals surface area contributed by atoms with E-state index in [0.717, 1.165) is 18.4 Å². The molecule has 1 saturated heterocycles. The summed E-state index contributed by atoms with van der Waals surface area (Å²) in [6.45, 7) is 14.4. The van der Waals surface area contributed by atoms with Crippen LogP contribution in [0.3, 0.4) is 0 Å². The molecule has 2 unspecified atom stereocenters. The highest BCUT2D eigenvalue weighted by Gasteiger charge is 2.43. The summed E-state index contributed by atoms with van der Waals surface area (Å²) in [5.41, 5.74) is 7.37. The predicted molar refractivity (Wildman–Crippen MR) is 232 cm³/mol. The highest BCUT2D eigenvalue weighted by Crippen LogP contribution is 2.30. The summed E-state index contributed by atoms with van der Waals surface area (Å²) in [6, 6.07) is 4.40. The minimum Gasteiger partial charge on any atom is -0.399 e. The fraction of sp³-hybridized carbons (Fsp3) is 0.698.